The number of benzene rings is 2. The van der Waals surface area contributed by atoms with Crippen LogP contribution in [0.1, 0.15) is 35.7 Å². The van der Waals surface area contributed by atoms with Crippen LogP contribution < -0.4 is 4.74 Å². The van der Waals surface area contributed by atoms with E-state index in [0.717, 1.165) is 12.2 Å². The van der Waals surface area contributed by atoms with E-state index in [0.29, 0.717) is 44.7 Å². The fraction of sp³-hybridized carbons (Fsp3) is 0.391. The fourth-order valence-corrected chi connectivity index (χ4v) is 3.39. The number of carbonyl (C=O) groups is 2. The molecule has 1 heterocycles. The van der Waals surface area contributed by atoms with Crippen LogP contribution >= 0.6 is 0 Å². The number of esters is 1. The highest BCUT2D eigenvalue weighted by atomic mass is 16.5. The molecule has 5 nitrogen and oxygen atoms in total. The largest absolute Gasteiger partial charge is 0.493 e. The molecule has 0 aliphatic carbocycles. The lowest BCUT2D eigenvalue weighted by Crippen LogP contribution is -2.40. The quantitative estimate of drug-likeness (QED) is 0.686. The summed E-state index contributed by atoms with van der Waals surface area (Å²) in [5, 5.41) is 0. The van der Waals surface area contributed by atoms with Crippen molar-refractivity contribution < 1.29 is 19.1 Å². The summed E-state index contributed by atoms with van der Waals surface area (Å²) >= 11 is 0. The van der Waals surface area contributed by atoms with Gasteiger partial charge in [0.2, 0.25) is 0 Å². The predicted octanol–water partition coefficient (Wildman–Crippen LogP) is 3.72. The number of ether oxygens (including phenoxy) is 2. The van der Waals surface area contributed by atoms with E-state index in [9.17, 15) is 9.59 Å². The summed E-state index contributed by atoms with van der Waals surface area (Å²) in [6.07, 6.45) is 2.16. The molecule has 2 aromatic carbocycles. The Labute approximate surface area is 166 Å². The molecule has 2 aromatic rings. The number of hydrogen-bond acceptors (Lipinski definition) is 4. The zero-order valence-electron chi connectivity index (χ0n) is 16.3. The van der Waals surface area contributed by atoms with E-state index < -0.39 is 0 Å². The van der Waals surface area contributed by atoms with E-state index in [1.165, 1.54) is 5.56 Å². The molecule has 5 heteroatoms. The molecule has 0 N–H and O–H groups in total. The number of likely N-dealkylation sites (tertiary alicyclic amines) is 1. The maximum absolute atomic E-state index is 12.7. The van der Waals surface area contributed by atoms with E-state index in [-0.39, 0.29) is 17.8 Å². The van der Waals surface area contributed by atoms with Crippen LogP contribution in [0.2, 0.25) is 0 Å². The van der Waals surface area contributed by atoms with Gasteiger partial charge < -0.3 is 14.4 Å². The van der Waals surface area contributed by atoms with Crippen molar-refractivity contribution in [3.63, 3.8) is 0 Å². The summed E-state index contributed by atoms with van der Waals surface area (Å²) in [6.45, 7) is 3.97. The van der Waals surface area contributed by atoms with E-state index >= 15 is 0 Å². The summed E-state index contributed by atoms with van der Waals surface area (Å²) in [7, 11) is 0. The summed E-state index contributed by atoms with van der Waals surface area (Å²) in [4.78, 5) is 26.3. The fourth-order valence-electron chi connectivity index (χ4n) is 3.39. The van der Waals surface area contributed by atoms with Crippen LogP contribution in [0.5, 0.6) is 5.75 Å². The molecule has 0 unspecified atom stereocenters. The molecule has 0 bridgehead atoms. The Bertz CT molecular complexity index is 765. The average molecular weight is 381 g/mol. The zero-order valence-corrected chi connectivity index (χ0v) is 16.3. The van der Waals surface area contributed by atoms with Gasteiger partial charge in [0.25, 0.3) is 5.91 Å². The molecule has 0 aromatic heterocycles. The summed E-state index contributed by atoms with van der Waals surface area (Å²) in [5.41, 5.74) is 1.88. The molecule has 0 spiro atoms. The first-order valence-electron chi connectivity index (χ1n) is 9.90. The summed E-state index contributed by atoms with van der Waals surface area (Å²) in [6, 6.07) is 17.5. The average Bonchev–Trinajstić information content (AvgIpc) is 2.75. The monoisotopic (exact) mass is 381 g/mol. The van der Waals surface area contributed by atoms with Crippen LogP contribution in [0.3, 0.4) is 0 Å². The van der Waals surface area contributed by atoms with Gasteiger partial charge in [0, 0.05) is 25.1 Å². The number of nitrogens with zero attached hydrogens (tertiary/aromatic N) is 1. The van der Waals surface area contributed by atoms with Gasteiger partial charge in [0.05, 0.1) is 19.1 Å². The van der Waals surface area contributed by atoms with Gasteiger partial charge in [-0.1, -0.05) is 30.3 Å². The highest BCUT2D eigenvalue weighted by Crippen LogP contribution is 2.21. The highest BCUT2D eigenvalue weighted by Gasteiger charge is 2.28. The molecule has 28 heavy (non-hydrogen) atoms. The first-order valence-corrected chi connectivity index (χ1v) is 9.90. The van der Waals surface area contributed by atoms with E-state index in [4.69, 9.17) is 9.47 Å². The first-order chi connectivity index (χ1) is 13.7. The number of piperidine rings is 1. The predicted molar refractivity (Wildman–Crippen MR) is 107 cm³/mol. The number of carbonyl (C=O) groups excluding carboxylic acids is 2. The van der Waals surface area contributed by atoms with Gasteiger partial charge in [0.15, 0.2) is 0 Å². The minimum Gasteiger partial charge on any atom is -0.493 e. The van der Waals surface area contributed by atoms with E-state index in [1.54, 1.807) is 17.0 Å². The molecule has 148 valence electrons. The minimum atomic E-state index is -0.147. The lowest BCUT2D eigenvalue weighted by molar-refractivity contribution is -0.149. The first kappa shape index (κ1) is 19.9. The smallest absolute Gasteiger partial charge is 0.309 e. The molecule has 0 saturated carbocycles. The van der Waals surface area contributed by atoms with Gasteiger partial charge in [-0.25, -0.2) is 0 Å². The lowest BCUT2D eigenvalue weighted by atomic mass is 9.96. The summed E-state index contributed by atoms with van der Waals surface area (Å²) < 4.78 is 10.9. The standard InChI is InChI=1S/C23H27NO4/c1-2-27-23(26)20-12-15-24(16-13-20)22(25)19-8-10-21(11-9-19)28-17-14-18-6-4-3-5-7-18/h3-11,20H,2,12-17H2,1H3. The third kappa shape index (κ3) is 5.35. The Morgan fingerprint density at radius 1 is 1.00 bits per heavy atom. The van der Waals surface area contributed by atoms with Gasteiger partial charge in [-0.2, -0.15) is 0 Å². The van der Waals surface area contributed by atoms with Crippen molar-refractivity contribution >= 4 is 11.9 Å². The van der Waals surface area contributed by atoms with Crippen LogP contribution in [-0.4, -0.2) is 43.1 Å². The highest BCUT2D eigenvalue weighted by molar-refractivity contribution is 5.94. The molecular formula is C23H27NO4. The van der Waals surface area contributed by atoms with E-state index in [2.05, 4.69) is 12.1 Å². The Morgan fingerprint density at radius 2 is 1.68 bits per heavy atom. The minimum absolute atomic E-state index is 0.00172. The normalized spacial score (nSPS) is 14.5. The summed E-state index contributed by atoms with van der Waals surface area (Å²) in [5.74, 6) is 0.516. The van der Waals surface area contributed by atoms with Crippen LogP contribution in [0.25, 0.3) is 0 Å². The molecular weight excluding hydrogens is 354 g/mol. The van der Waals surface area contributed by atoms with E-state index in [1.807, 2.05) is 37.3 Å². The molecule has 0 radical (unpaired) electrons. The second-order valence-electron chi connectivity index (χ2n) is 6.93. The van der Waals surface area contributed by atoms with Crippen LogP contribution in [0, 0.1) is 5.92 Å². The van der Waals surface area contributed by atoms with Gasteiger partial charge >= 0.3 is 5.97 Å². The van der Waals surface area contributed by atoms with Crippen LogP contribution in [0.15, 0.2) is 54.6 Å². The molecule has 0 atom stereocenters. The maximum Gasteiger partial charge on any atom is 0.309 e. The van der Waals surface area contributed by atoms with Crippen molar-refractivity contribution in [2.24, 2.45) is 5.92 Å². The zero-order chi connectivity index (χ0) is 19.8. The van der Waals surface area contributed by atoms with Gasteiger partial charge in [0.1, 0.15) is 5.75 Å². The maximum atomic E-state index is 12.7. The number of hydrogen-bond donors (Lipinski definition) is 0. The Kier molecular flexibility index (Phi) is 7.06. The van der Waals surface area contributed by atoms with Gasteiger partial charge in [-0.3, -0.25) is 9.59 Å². The third-order valence-electron chi connectivity index (χ3n) is 5.01. The number of amides is 1. The second-order valence-corrected chi connectivity index (χ2v) is 6.93. The number of rotatable bonds is 7. The molecule has 1 fully saturated rings. The SMILES string of the molecule is CCOC(=O)C1CCN(C(=O)c2ccc(OCCc3ccccc3)cc2)CC1. The van der Waals surface area contributed by atoms with Crippen LogP contribution in [0.4, 0.5) is 0 Å². The van der Waals surface area contributed by atoms with Crippen molar-refractivity contribution in [1.29, 1.82) is 0 Å². The van der Waals surface area contributed by atoms with Crippen LogP contribution in [-0.2, 0) is 16.0 Å². The Hall–Kier alpha value is -2.82. The third-order valence-corrected chi connectivity index (χ3v) is 5.01. The van der Waals surface area contributed by atoms with Crippen molar-refractivity contribution in [1.82, 2.24) is 4.90 Å². The Morgan fingerprint density at radius 3 is 2.32 bits per heavy atom. The molecule has 1 aliphatic heterocycles. The van der Waals surface area contributed by atoms with Crippen molar-refractivity contribution in [3.05, 3.63) is 65.7 Å². The van der Waals surface area contributed by atoms with Crippen molar-refractivity contribution in [3.8, 4) is 5.75 Å². The topological polar surface area (TPSA) is 55.8 Å². The molecule has 3 rings (SSSR count). The lowest BCUT2D eigenvalue weighted by Gasteiger charge is -2.31. The second kappa shape index (κ2) is 9.93. The molecule has 1 saturated heterocycles. The Balaban J connectivity index is 1.47. The van der Waals surface area contributed by atoms with Crippen molar-refractivity contribution in [2.75, 3.05) is 26.3 Å². The molecule has 1 aliphatic rings. The molecule has 1 amide bonds. The van der Waals surface area contributed by atoms with Gasteiger partial charge in [-0.05, 0) is 49.6 Å². The van der Waals surface area contributed by atoms with Crippen molar-refractivity contribution in [2.45, 2.75) is 26.2 Å². The van der Waals surface area contributed by atoms with Gasteiger partial charge in [-0.15, -0.1) is 0 Å².